The van der Waals surface area contributed by atoms with Crippen molar-refractivity contribution in [3.63, 3.8) is 0 Å². The molecule has 0 aromatic rings. The maximum Gasteiger partial charge on any atom is 0.392 e. The highest BCUT2D eigenvalue weighted by Crippen LogP contribution is 2.50. The minimum Gasteiger partial charge on any atom is -0.270 e. The van der Waals surface area contributed by atoms with E-state index in [0.29, 0.717) is 0 Å². The highest BCUT2D eigenvalue weighted by Gasteiger charge is 2.55. The van der Waals surface area contributed by atoms with Crippen molar-refractivity contribution in [1.82, 2.24) is 0 Å². The molecule has 1 rings (SSSR count). The molecule has 1 aliphatic rings. The van der Waals surface area contributed by atoms with Crippen molar-refractivity contribution < 1.29 is 25.8 Å². The highest BCUT2D eigenvalue weighted by molar-refractivity contribution is 7.85. The van der Waals surface area contributed by atoms with Gasteiger partial charge in [-0.15, -0.1) is 0 Å². The first kappa shape index (κ1) is 10.8. The second kappa shape index (κ2) is 3.13. The Morgan fingerprint density at radius 1 is 1.46 bits per heavy atom. The molecule has 0 saturated heterocycles. The van der Waals surface area contributed by atoms with Gasteiger partial charge in [0.05, 0.1) is 18.8 Å². The molecule has 13 heavy (non-hydrogen) atoms. The molecule has 1 aliphatic carbocycles. The molecule has 0 bridgehead atoms. The zero-order chi connectivity index (χ0) is 10.3. The smallest absolute Gasteiger partial charge is 0.270 e. The number of hydrogen-bond donors (Lipinski definition) is 0. The van der Waals surface area contributed by atoms with Crippen molar-refractivity contribution in [2.24, 2.45) is 11.8 Å². The molecule has 0 aromatic carbocycles. The summed E-state index contributed by atoms with van der Waals surface area (Å²) in [5.41, 5.74) is 0. The average molecular weight is 218 g/mol. The fourth-order valence-electron chi connectivity index (χ4n) is 1.04. The number of hydrogen-bond acceptors (Lipinski definition) is 3. The molecule has 2 atom stereocenters. The number of rotatable bonds is 3. The molecular formula is C6H9F3O3S. The van der Waals surface area contributed by atoms with Crippen molar-refractivity contribution >= 4 is 10.1 Å². The van der Waals surface area contributed by atoms with Crippen LogP contribution in [0.3, 0.4) is 0 Å². The van der Waals surface area contributed by atoms with Crippen LogP contribution in [0.25, 0.3) is 0 Å². The van der Waals surface area contributed by atoms with E-state index in [4.69, 9.17) is 0 Å². The minimum absolute atomic E-state index is 0.0288. The maximum atomic E-state index is 11.9. The standard InChI is InChI=1S/C6H9F3O3S/c1-13(10,11)12-3-4-2-5(4)6(7,8)9/h4-5H,2-3H2,1H3/t4-,5+/m0/s1. The van der Waals surface area contributed by atoms with Gasteiger partial charge in [-0.3, -0.25) is 4.18 Å². The predicted molar refractivity (Wildman–Crippen MR) is 38.4 cm³/mol. The van der Waals surface area contributed by atoms with Crippen LogP contribution in [-0.4, -0.2) is 27.5 Å². The second-order valence-corrected chi connectivity index (χ2v) is 4.78. The third-order valence-corrected chi connectivity index (χ3v) is 2.40. The Balaban J connectivity index is 2.30. The molecule has 0 amide bonds. The van der Waals surface area contributed by atoms with E-state index >= 15 is 0 Å². The van der Waals surface area contributed by atoms with Crippen molar-refractivity contribution in [2.45, 2.75) is 12.6 Å². The molecule has 0 aromatic heterocycles. The van der Waals surface area contributed by atoms with Crippen LogP contribution in [0.15, 0.2) is 0 Å². The summed E-state index contributed by atoms with van der Waals surface area (Å²) in [5, 5.41) is 0. The Kier molecular flexibility index (Phi) is 2.59. The SMILES string of the molecule is CS(=O)(=O)OC[C@@H]1C[C@H]1C(F)(F)F. The van der Waals surface area contributed by atoms with Crippen LogP contribution in [0.4, 0.5) is 13.2 Å². The molecule has 0 radical (unpaired) electrons. The van der Waals surface area contributed by atoms with Gasteiger partial charge in [0.15, 0.2) is 0 Å². The normalized spacial score (nSPS) is 28.9. The molecule has 1 fully saturated rings. The minimum atomic E-state index is -4.22. The van der Waals surface area contributed by atoms with Crippen LogP contribution in [0.1, 0.15) is 6.42 Å². The highest BCUT2D eigenvalue weighted by atomic mass is 32.2. The lowest BCUT2D eigenvalue weighted by Crippen LogP contribution is -2.14. The van der Waals surface area contributed by atoms with Crippen molar-refractivity contribution in [2.75, 3.05) is 12.9 Å². The summed E-state index contributed by atoms with van der Waals surface area (Å²) >= 11 is 0. The monoisotopic (exact) mass is 218 g/mol. The fourth-order valence-corrected chi connectivity index (χ4v) is 1.47. The van der Waals surface area contributed by atoms with Crippen molar-refractivity contribution in [1.29, 1.82) is 0 Å². The van der Waals surface area contributed by atoms with Crippen LogP contribution in [0, 0.1) is 11.8 Å². The Morgan fingerprint density at radius 2 is 2.00 bits per heavy atom. The van der Waals surface area contributed by atoms with Crippen LogP contribution in [0.5, 0.6) is 0 Å². The van der Waals surface area contributed by atoms with Gasteiger partial charge in [-0.2, -0.15) is 21.6 Å². The van der Waals surface area contributed by atoms with E-state index in [0.717, 1.165) is 6.26 Å². The molecule has 0 heterocycles. The van der Waals surface area contributed by atoms with Gasteiger partial charge in [0.1, 0.15) is 0 Å². The van der Waals surface area contributed by atoms with E-state index in [-0.39, 0.29) is 13.0 Å². The first-order chi connectivity index (χ1) is 5.70. The van der Waals surface area contributed by atoms with Crippen LogP contribution in [-0.2, 0) is 14.3 Å². The second-order valence-electron chi connectivity index (χ2n) is 3.13. The average Bonchev–Trinajstić information content (AvgIpc) is 2.57. The zero-order valence-electron chi connectivity index (χ0n) is 6.84. The molecule has 78 valence electrons. The van der Waals surface area contributed by atoms with Gasteiger partial charge in [-0.25, -0.2) is 0 Å². The molecule has 0 spiro atoms. The molecule has 1 saturated carbocycles. The van der Waals surface area contributed by atoms with E-state index in [1.165, 1.54) is 0 Å². The van der Waals surface area contributed by atoms with Gasteiger partial charge in [0.25, 0.3) is 10.1 Å². The summed E-state index contributed by atoms with van der Waals surface area (Å²) in [7, 11) is -3.62. The van der Waals surface area contributed by atoms with Gasteiger partial charge >= 0.3 is 6.18 Å². The summed E-state index contributed by atoms with van der Waals surface area (Å²) < 4.78 is 60.8. The van der Waals surface area contributed by atoms with Crippen molar-refractivity contribution in [3.05, 3.63) is 0 Å². The van der Waals surface area contributed by atoms with E-state index in [1.807, 2.05) is 0 Å². The molecular weight excluding hydrogens is 209 g/mol. The van der Waals surface area contributed by atoms with Gasteiger partial charge < -0.3 is 0 Å². The van der Waals surface area contributed by atoms with Gasteiger partial charge in [0.2, 0.25) is 0 Å². The molecule has 0 unspecified atom stereocenters. The predicted octanol–water partition coefficient (Wildman–Crippen LogP) is 1.16. The van der Waals surface area contributed by atoms with Gasteiger partial charge in [0, 0.05) is 0 Å². The molecule has 0 aliphatic heterocycles. The molecule has 0 N–H and O–H groups in total. The largest absolute Gasteiger partial charge is 0.392 e. The first-order valence-electron chi connectivity index (χ1n) is 3.61. The Bertz CT molecular complexity index is 282. The Morgan fingerprint density at radius 3 is 2.31 bits per heavy atom. The molecule has 7 heteroatoms. The van der Waals surface area contributed by atoms with E-state index in [1.54, 1.807) is 0 Å². The van der Waals surface area contributed by atoms with Crippen LogP contribution >= 0.6 is 0 Å². The lowest BCUT2D eigenvalue weighted by atomic mass is 10.3. The summed E-state index contributed by atoms with van der Waals surface area (Å²) in [6.45, 7) is -0.358. The molecule has 3 nitrogen and oxygen atoms in total. The van der Waals surface area contributed by atoms with Gasteiger partial charge in [-0.05, 0) is 12.3 Å². The summed E-state index contributed by atoms with van der Waals surface area (Å²) in [6, 6.07) is 0. The fraction of sp³-hybridized carbons (Fsp3) is 1.00. The number of alkyl halides is 3. The lowest BCUT2D eigenvalue weighted by molar-refractivity contribution is -0.151. The van der Waals surface area contributed by atoms with E-state index in [2.05, 4.69) is 4.18 Å². The first-order valence-corrected chi connectivity index (χ1v) is 5.43. The summed E-state index contributed by atoms with van der Waals surface area (Å²) in [5.74, 6) is -2.07. The van der Waals surface area contributed by atoms with Crippen LogP contribution in [0.2, 0.25) is 0 Å². The lowest BCUT2D eigenvalue weighted by Gasteiger charge is -2.04. The Hall–Kier alpha value is -0.300. The van der Waals surface area contributed by atoms with Crippen molar-refractivity contribution in [3.8, 4) is 0 Å². The third-order valence-electron chi connectivity index (χ3n) is 1.84. The van der Waals surface area contributed by atoms with Gasteiger partial charge in [-0.1, -0.05) is 0 Å². The van der Waals surface area contributed by atoms with E-state index < -0.39 is 28.1 Å². The maximum absolute atomic E-state index is 11.9. The summed E-state index contributed by atoms with van der Waals surface area (Å²) in [6.07, 6.45) is -3.43. The van der Waals surface area contributed by atoms with E-state index in [9.17, 15) is 21.6 Å². The topological polar surface area (TPSA) is 43.4 Å². The zero-order valence-corrected chi connectivity index (χ0v) is 7.65. The quantitative estimate of drug-likeness (QED) is 0.667. The Labute approximate surface area is 74.0 Å². The van der Waals surface area contributed by atoms with Crippen LogP contribution < -0.4 is 0 Å². The number of halogens is 3. The third kappa shape index (κ3) is 3.51. The summed E-state index contributed by atoms with van der Waals surface area (Å²) in [4.78, 5) is 0.